The lowest BCUT2D eigenvalue weighted by atomic mass is 10.0. The molecule has 168 valence electrons. The predicted molar refractivity (Wildman–Crippen MR) is 138 cm³/mol. The fourth-order valence-electron chi connectivity index (χ4n) is 3.79. The molecule has 6 nitrogen and oxygen atoms in total. The first-order valence-electron chi connectivity index (χ1n) is 11.0. The molecule has 2 heterocycles. The topological polar surface area (TPSA) is 85.8 Å². The number of amides is 1. The summed E-state index contributed by atoms with van der Waals surface area (Å²) in [7, 11) is 0. The molecule has 1 amide bonds. The molecule has 0 unspecified atom stereocenters. The zero-order valence-electron chi connectivity index (χ0n) is 18.4. The van der Waals surface area contributed by atoms with Crippen molar-refractivity contribution < 1.29 is 4.79 Å². The fourth-order valence-corrected chi connectivity index (χ4v) is 4.46. The highest BCUT2D eigenvalue weighted by molar-refractivity contribution is 7.08. The number of rotatable bonds is 7. The molecule has 5 rings (SSSR count). The van der Waals surface area contributed by atoms with Gasteiger partial charge in [0.15, 0.2) is 0 Å². The Hall–Kier alpha value is -4.23. The van der Waals surface area contributed by atoms with Crippen molar-refractivity contribution in [2.75, 3.05) is 11.1 Å². The number of carbonyl (C=O) groups is 1. The minimum atomic E-state index is -0.117. The number of carbonyl (C=O) groups excluding carboxylic acids is 1. The molecule has 0 aliphatic heterocycles. The summed E-state index contributed by atoms with van der Waals surface area (Å²) in [5.74, 6) is -0.117. The van der Waals surface area contributed by atoms with Crippen LogP contribution in [0.5, 0.6) is 0 Å². The number of para-hydroxylation sites is 1. The molecule has 0 saturated heterocycles. The maximum Gasteiger partial charge on any atom is 0.224 e. The maximum absolute atomic E-state index is 12.6. The van der Waals surface area contributed by atoms with Crippen LogP contribution < -0.4 is 11.1 Å². The summed E-state index contributed by atoms with van der Waals surface area (Å²) in [4.78, 5) is 12.6. The first kappa shape index (κ1) is 21.6. The second-order valence-electron chi connectivity index (χ2n) is 7.90. The van der Waals surface area contributed by atoms with Crippen molar-refractivity contribution in [3.63, 3.8) is 0 Å². The Morgan fingerprint density at radius 1 is 0.941 bits per heavy atom. The Morgan fingerprint density at radius 2 is 1.76 bits per heavy atom. The molecule has 34 heavy (non-hydrogen) atoms. The number of hydrogen-bond donors (Lipinski definition) is 2. The van der Waals surface area contributed by atoms with Crippen molar-refractivity contribution >= 4 is 28.6 Å². The SMILES string of the molecule is Nc1ccc(-c2ccsc2)cc1NC(=O)CCc1cn(-c2ccccc2-c2ccccc2)nn1. The number of anilines is 2. The van der Waals surface area contributed by atoms with Gasteiger partial charge in [0.25, 0.3) is 0 Å². The van der Waals surface area contributed by atoms with E-state index in [0.717, 1.165) is 33.6 Å². The summed E-state index contributed by atoms with van der Waals surface area (Å²) in [5, 5.41) is 15.6. The Labute approximate surface area is 201 Å². The van der Waals surface area contributed by atoms with Crippen molar-refractivity contribution in [1.82, 2.24) is 15.0 Å². The molecule has 0 saturated carbocycles. The van der Waals surface area contributed by atoms with E-state index in [2.05, 4.69) is 39.2 Å². The van der Waals surface area contributed by atoms with E-state index >= 15 is 0 Å². The van der Waals surface area contributed by atoms with Crippen LogP contribution in [-0.2, 0) is 11.2 Å². The Balaban J connectivity index is 1.26. The molecule has 3 aromatic carbocycles. The minimum absolute atomic E-state index is 0.117. The molecule has 0 aliphatic carbocycles. The number of thiophene rings is 1. The average molecular weight is 466 g/mol. The predicted octanol–water partition coefficient (Wildman–Crippen LogP) is 5.82. The van der Waals surface area contributed by atoms with E-state index in [1.165, 1.54) is 0 Å². The van der Waals surface area contributed by atoms with Crippen molar-refractivity contribution in [3.8, 4) is 27.9 Å². The van der Waals surface area contributed by atoms with Crippen LogP contribution in [0.2, 0.25) is 0 Å². The molecule has 0 aliphatic rings. The summed E-state index contributed by atoms with van der Waals surface area (Å²) < 4.78 is 1.76. The summed E-state index contributed by atoms with van der Waals surface area (Å²) in [6.07, 6.45) is 2.63. The van der Waals surface area contributed by atoms with Crippen molar-refractivity contribution in [2.45, 2.75) is 12.8 Å². The maximum atomic E-state index is 12.6. The van der Waals surface area contributed by atoms with Gasteiger partial charge < -0.3 is 11.1 Å². The van der Waals surface area contributed by atoms with E-state index in [1.807, 2.05) is 72.2 Å². The lowest BCUT2D eigenvalue weighted by Gasteiger charge is -2.10. The van der Waals surface area contributed by atoms with Gasteiger partial charge in [0.05, 0.1) is 29.0 Å². The number of nitrogens with zero attached hydrogens (tertiary/aromatic N) is 3. The summed E-state index contributed by atoms with van der Waals surface area (Å²) in [6, 6.07) is 25.9. The smallest absolute Gasteiger partial charge is 0.224 e. The van der Waals surface area contributed by atoms with Gasteiger partial charge in [0.2, 0.25) is 5.91 Å². The monoisotopic (exact) mass is 465 g/mol. The quantitative estimate of drug-likeness (QED) is 0.297. The summed E-state index contributed by atoms with van der Waals surface area (Å²) >= 11 is 1.63. The molecular formula is C27H23N5OS. The Morgan fingerprint density at radius 3 is 2.59 bits per heavy atom. The number of nitrogens with one attached hydrogen (secondary N) is 1. The van der Waals surface area contributed by atoms with Crippen LogP contribution in [0.4, 0.5) is 11.4 Å². The third kappa shape index (κ3) is 4.74. The second kappa shape index (κ2) is 9.72. The molecule has 0 fully saturated rings. The molecule has 5 aromatic rings. The van der Waals surface area contributed by atoms with Gasteiger partial charge in [-0.1, -0.05) is 59.8 Å². The van der Waals surface area contributed by atoms with Crippen LogP contribution in [0.15, 0.2) is 95.8 Å². The number of hydrogen-bond acceptors (Lipinski definition) is 5. The highest BCUT2D eigenvalue weighted by Crippen LogP contribution is 2.29. The van der Waals surface area contributed by atoms with Crippen LogP contribution in [0.1, 0.15) is 12.1 Å². The van der Waals surface area contributed by atoms with E-state index in [1.54, 1.807) is 16.0 Å². The molecule has 7 heteroatoms. The molecule has 0 spiro atoms. The first-order valence-corrected chi connectivity index (χ1v) is 11.9. The van der Waals surface area contributed by atoms with Gasteiger partial charge in [0.1, 0.15) is 0 Å². The van der Waals surface area contributed by atoms with Crippen LogP contribution in [0, 0.1) is 0 Å². The van der Waals surface area contributed by atoms with Gasteiger partial charge >= 0.3 is 0 Å². The standard InChI is InChI=1S/C27H23N5OS/c28-24-12-10-20(21-14-15-34-18-21)16-25(24)29-27(33)13-11-22-17-32(31-30-22)26-9-5-4-8-23(26)19-6-2-1-3-7-19/h1-10,12,14-18H,11,13,28H2,(H,29,33). The molecule has 0 bridgehead atoms. The van der Waals surface area contributed by atoms with E-state index in [0.29, 0.717) is 17.8 Å². The fraction of sp³-hybridized carbons (Fsp3) is 0.0741. The molecule has 3 N–H and O–H groups in total. The van der Waals surface area contributed by atoms with Gasteiger partial charge in [-0.25, -0.2) is 4.68 Å². The number of benzene rings is 3. The van der Waals surface area contributed by atoms with Crippen LogP contribution >= 0.6 is 11.3 Å². The van der Waals surface area contributed by atoms with E-state index in [4.69, 9.17) is 5.73 Å². The van der Waals surface area contributed by atoms with E-state index in [9.17, 15) is 4.79 Å². The zero-order chi connectivity index (χ0) is 23.3. The van der Waals surface area contributed by atoms with Gasteiger partial charge in [-0.15, -0.1) is 5.10 Å². The van der Waals surface area contributed by atoms with Crippen LogP contribution in [-0.4, -0.2) is 20.9 Å². The molecule has 2 aromatic heterocycles. The first-order chi connectivity index (χ1) is 16.7. The van der Waals surface area contributed by atoms with E-state index in [-0.39, 0.29) is 12.3 Å². The zero-order valence-corrected chi connectivity index (χ0v) is 19.2. The summed E-state index contributed by atoms with van der Waals surface area (Å²) in [6.45, 7) is 0. The minimum Gasteiger partial charge on any atom is -0.397 e. The van der Waals surface area contributed by atoms with Crippen molar-refractivity contribution in [2.24, 2.45) is 0 Å². The normalized spacial score (nSPS) is 10.8. The lowest BCUT2D eigenvalue weighted by Crippen LogP contribution is -2.13. The van der Waals surface area contributed by atoms with Crippen LogP contribution in [0.25, 0.3) is 27.9 Å². The third-order valence-electron chi connectivity index (χ3n) is 5.57. The average Bonchev–Trinajstić information content (AvgIpc) is 3.57. The number of aromatic nitrogens is 3. The second-order valence-corrected chi connectivity index (χ2v) is 8.68. The summed E-state index contributed by atoms with van der Waals surface area (Å²) in [5.41, 5.74) is 13.2. The Bertz CT molecular complexity index is 1410. The number of aryl methyl sites for hydroxylation is 1. The number of nitrogen functional groups attached to an aromatic ring is 1. The van der Waals surface area contributed by atoms with Crippen LogP contribution in [0.3, 0.4) is 0 Å². The molecular weight excluding hydrogens is 442 g/mol. The largest absolute Gasteiger partial charge is 0.397 e. The lowest BCUT2D eigenvalue weighted by molar-refractivity contribution is -0.116. The third-order valence-corrected chi connectivity index (χ3v) is 6.25. The highest BCUT2D eigenvalue weighted by atomic mass is 32.1. The van der Waals surface area contributed by atoms with E-state index < -0.39 is 0 Å². The molecule has 0 atom stereocenters. The number of nitrogens with two attached hydrogens (primary N) is 1. The van der Waals surface area contributed by atoms with Gasteiger partial charge in [-0.2, -0.15) is 11.3 Å². The van der Waals surface area contributed by atoms with Gasteiger partial charge in [-0.05, 0) is 51.7 Å². The van der Waals surface area contributed by atoms with Gasteiger partial charge in [-0.3, -0.25) is 4.79 Å². The van der Waals surface area contributed by atoms with Gasteiger partial charge in [0, 0.05) is 18.4 Å². The van der Waals surface area contributed by atoms with Crippen molar-refractivity contribution in [3.05, 3.63) is 102 Å². The Kier molecular flexibility index (Phi) is 6.18. The highest BCUT2D eigenvalue weighted by Gasteiger charge is 2.12. The molecule has 0 radical (unpaired) electrons. The van der Waals surface area contributed by atoms with Crippen molar-refractivity contribution in [1.29, 1.82) is 0 Å².